The van der Waals surface area contributed by atoms with Gasteiger partial charge in [-0.05, 0) is 48.2 Å². The molecule has 2 rings (SSSR count). The van der Waals surface area contributed by atoms with Crippen LogP contribution >= 0.6 is 11.6 Å². The third kappa shape index (κ3) is 4.73. The zero-order chi connectivity index (χ0) is 16.8. The second-order valence-electron chi connectivity index (χ2n) is 5.56. The molecule has 1 atom stereocenters. The second-order valence-corrected chi connectivity index (χ2v) is 6.00. The van der Waals surface area contributed by atoms with Gasteiger partial charge in [0.15, 0.2) is 0 Å². The quantitative estimate of drug-likeness (QED) is 0.848. The highest BCUT2D eigenvalue weighted by Crippen LogP contribution is 2.24. The summed E-state index contributed by atoms with van der Waals surface area (Å²) in [5.74, 6) is 0.849. The van der Waals surface area contributed by atoms with Gasteiger partial charge in [0.2, 0.25) is 5.91 Å². The Labute approximate surface area is 142 Å². The highest BCUT2D eigenvalue weighted by atomic mass is 35.5. The Morgan fingerprint density at radius 2 is 2.04 bits per heavy atom. The molecule has 0 spiro atoms. The summed E-state index contributed by atoms with van der Waals surface area (Å²) in [5, 5.41) is 3.74. The fourth-order valence-electron chi connectivity index (χ4n) is 2.62. The summed E-state index contributed by atoms with van der Waals surface area (Å²) in [6.07, 6.45) is 1.15. The molecule has 0 unspecified atom stereocenters. The number of hydrogen-bond acceptors (Lipinski definition) is 2. The lowest BCUT2D eigenvalue weighted by Gasteiger charge is -2.19. The molecule has 122 valence electrons. The molecule has 0 aliphatic heterocycles. The maximum atomic E-state index is 12.3. The molecule has 1 amide bonds. The number of rotatable bonds is 6. The molecule has 0 aliphatic carbocycles. The van der Waals surface area contributed by atoms with Gasteiger partial charge in [-0.2, -0.15) is 0 Å². The number of carbonyl (C=O) groups excluding carboxylic acids is 1. The Morgan fingerprint density at radius 3 is 2.65 bits per heavy atom. The fourth-order valence-corrected chi connectivity index (χ4v) is 2.83. The van der Waals surface area contributed by atoms with Crippen molar-refractivity contribution in [1.82, 2.24) is 5.32 Å². The summed E-state index contributed by atoms with van der Waals surface area (Å²) in [5.41, 5.74) is 3.06. The number of carbonyl (C=O) groups is 1. The summed E-state index contributed by atoms with van der Waals surface area (Å²) >= 11 is 5.96. The second kappa shape index (κ2) is 8.02. The van der Waals surface area contributed by atoms with E-state index in [1.54, 1.807) is 13.2 Å². The van der Waals surface area contributed by atoms with Gasteiger partial charge in [0.1, 0.15) is 5.75 Å². The maximum absolute atomic E-state index is 12.3. The van der Waals surface area contributed by atoms with Crippen LogP contribution in [0, 0.1) is 6.92 Å². The summed E-state index contributed by atoms with van der Waals surface area (Å²) < 4.78 is 5.28. The number of benzene rings is 2. The lowest BCUT2D eigenvalue weighted by Crippen LogP contribution is -2.29. The minimum atomic E-state index is -0.00806. The number of halogens is 1. The van der Waals surface area contributed by atoms with Gasteiger partial charge in [0.25, 0.3) is 0 Å². The summed E-state index contributed by atoms with van der Waals surface area (Å²) in [7, 11) is 1.66. The number of amides is 1. The topological polar surface area (TPSA) is 38.3 Å². The Kier molecular flexibility index (Phi) is 6.05. The normalized spacial score (nSPS) is 11.8. The first-order chi connectivity index (χ1) is 11.0. The Hall–Kier alpha value is -2.00. The summed E-state index contributed by atoms with van der Waals surface area (Å²) in [6.45, 7) is 4.06. The summed E-state index contributed by atoms with van der Waals surface area (Å²) in [6, 6.07) is 13.4. The van der Waals surface area contributed by atoms with Crippen LogP contribution in [0.4, 0.5) is 0 Å². The molecule has 0 heterocycles. The zero-order valence-corrected chi connectivity index (χ0v) is 14.5. The fraction of sp³-hybridized carbons (Fsp3) is 0.316. The molecule has 0 saturated heterocycles. The van der Waals surface area contributed by atoms with E-state index in [1.807, 2.05) is 37.3 Å². The van der Waals surface area contributed by atoms with Crippen LogP contribution in [0.15, 0.2) is 42.5 Å². The molecule has 23 heavy (non-hydrogen) atoms. The van der Waals surface area contributed by atoms with Crippen LogP contribution in [0.2, 0.25) is 5.02 Å². The van der Waals surface area contributed by atoms with E-state index in [0.29, 0.717) is 11.4 Å². The van der Waals surface area contributed by atoms with Crippen molar-refractivity contribution in [1.29, 1.82) is 0 Å². The van der Waals surface area contributed by atoms with Crippen LogP contribution in [0.3, 0.4) is 0 Å². The molecule has 2 aromatic rings. The lowest BCUT2D eigenvalue weighted by atomic mass is 10.0. The van der Waals surface area contributed by atoms with Gasteiger partial charge in [0.05, 0.1) is 19.6 Å². The number of aryl methyl sites for hydroxylation is 1. The Bertz CT molecular complexity index is 685. The van der Waals surface area contributed by atoms with Crippen molar-refractivity contribution in [2.24, 2.45) is 0 Å². The van der Waals surface area contributed by atoms with Gasteiger partial charge in [-0.25, -0.2) is 0 Å². The van der Waals surface area contributed by atoms with Crippen molar-refractivity contribution in [2.45, 2.75) is 32.7 Å². The van der Waals surface area contributed by atoms with Crippen LogP contribution < -0.4 is 10.1 Å². The van der Waals surface area contributed by atoms with Crippen molar-refractivity contribution < 1.29 is 9.53 Å². The average molecular weight is 332 g/mol. The molecule has 4 heteroatoms. The van der Waals surface area contributed by atoms with E-state index >= 15 is 0 Å². The number of methoxy groups -OCH3 is 1. The Balaban J connectivity index is 2.06. The van der Waals surface area contributed by atoms with Gasteiger partial charge in [-0.15, -0.1) is 0 Å². The molecule has 0 aromatic heterocycles. The van der Waals surface area contributed by atoms with Crippen LogP contribution in [0.5, 0.6) is 5.75 Å². The average Bonchev–Trinajstić information content (AvgIpc) is 2.52. The third-order valence-electron chi connectivity index (χ3n) is 3.82. The van der Waals surface area contributed by atoms with Crippen molar-refractivity contribution in [3.05, 3.63) is 64.2 Å². The van der Waals surface area contributed by atoms with E-state index in [2.05, 4.69) is 18.3 Å². The molecular formula is C19H22ClNO2. The van der Waals surface area contributed by atoms with E-state index in [-0.39, 0.29) is 11.9 Å². The monoisotopic (exact) mass is 331 g/mol. The van der Waals surface area contributed by atoms with Gasteiger partial charge in [0, 0.05) is 5.02 Å². The standard InChI is InChI=1S/C19H22ClNO2/c1-4-17(15-8-9-18(23-3)13(2)10-15)21-19(22)12-14-6-5-7-16(20)11-14/h5-11,17H,4,12H2,1-3H3,(H,21,22)/t17-/m0/s1. The molecule has 0 radical (unpaired) electrons. The first-order valence-electron chi connectivity index (χ1n) is 7.71. The summed E-state index contributed by atoms with van der Waals surface area (Å²) in [4.78, 5) is 12.3. The molecule has 0 fully saturated rings. The van der Waals surface area contributed by atoms with Gasteiger partial charge >= 0.3 is 0 Å². The number of hydrogen-bond donors (Lipinski definition) is 1. The van der Waals surface area contributed by atoms with E-state index < -0.39 is 0 Å². The molecule has 0 saturated carbocycles. The SMILES string of the molecule is CC[C@H](NC(=O)Cc1cccc(Cl)c1)c1ccc(OC)c(C)c1. The van der Waals surface area contributed by atoms with E-state index in [1.165, 1.54) is 0 Å². The van der Waals surface area contributed by atoms with Crippen molar-refractivity contribution in [2.75, 3.05) is 7.11 Å². The smallest absolute Gasteiger partial charge is 0.224 e. The molecular weight excluding hydrogens is 310 g/mol. The molecule has 1 N–H and O–H groups in total. The zero-order valence-electron chi connectivity index (χ0n) is 13.7. The highest BCUT2D eigenvalue weighted by molar-refractivity contribution is 6.30. The highest BCUT2D eigenvalue weighted by Gasteiger charge is 2.14. The Morgan fingerprint density at radius 1 is 1.26 bits per heavy atom. The van der Waals surface area contributed by atoms with Crippen molar-refractivity contribution in [3.8, 4) is 5.75 Å². The van der Waals surface area contributed by atoms with E-state index in [0.717, 1.165) is 28.9 Å². The molecule has 0 aliphatic rings. The van der Waals surface area contributed by atoms with E-state index in [9.17, 15) is 4.79 Å². The first kappa shape index (κ1) is 17.4. The minimum absolute atomic E-state index is 0.00686. The van der Waals surface area contributed by atoms with E-state index in [4.69, 9.17) is 16.3 Å². The van der Waals surface area contributed by atoms with Crippen LogP contribution in [-0.4, -0.2) is 13.0 Å². The first-order valence-corrected chi connectivity index (χ1v) is 8.09. The van der Waals surface area contributed by atoms with Crippen LogP contribution in [0.1, 0.15) is 36.1 Å². The molecule has 0 bridgehead atoms. The lowest BCUT2D eigenvalue weighted by molar-refractivity contribution is -0.121. The van der Waals surface area contributed by atoms with Crippen molar-refractivity contribution in [3.63, 3.8) is 0 Å². The predicted octanol–water partition coefficient (Wildman–Crippen LogP) is 4.47. The van der Waals surface area contributed by atoms with Crippen molar-refractivity contribution >= 4 is 17.5 Å². The minimum Gasteiger partial charge on any atom is -0.496 e. The van der Waals surface area contributed by atoms with Crippen LogP contribution in [-0.2, 0) is 11.2 Å². The van der Waals surface area contributed by atoms with Gasteiger partial charge in [-0.3, -0.25) is 4.79 Å². The predicted molar refractivity (Wildman–Crippen MR) is 94.1 cm³/mol. The largest absolute Gasteiger partial charge is 0.496 e. The molecule has 3 nitrogen and oxygen atoms in total. The maximum Gasteiger partial charge on any atom is 0.224 e. The third-order valence-corrected chi connectivity index (χ3v) is 4.05. The molecule has 2 aromatic carbocycles. The number of ether oxygens (including phenoxy) is 1. The van der Waals surface area contributed by atoms with Crippen LogP contribution in [0.25, 0.3) is 0 Å². The number of nitrogens with one attached hydrogen (secondary N) is 1. The van der Waals surface area contributed by atoms with Gasteiger partial charge in [-0.1, -0.05) is 42.8 Å². The van der Waals surface area contributed by atoms with Gasteiger partial charge < -0.3 is 10.1 Å².